The van der Waals surface area contributed by atoms with Crippen molar-refractivity contribution in [3.05, 3.63) is 71.8 Å². The van der Waals surface area contributed by atoms with Crippen LogP contribution in [0.15, 0.2) is 66.2 Å². The first-order chi connectivity index (χ1) is 16.3. The summed E-state index contributed by atoms with van der Waals surface area (Å²) < 4.78 is 31.2. The average molecular weight is 485 g/mol. The van der Waals surface area contributed by atoms with Gasteiger partial charge in [-0.2, -0.15) is 0 Å². The van der Waals surface area contributed by atoms with Gasteiger partial charge >= 0.3 is 8.56 Å². The standard InChI is InChI=1S/C28H40O5Si/c1-21(2)34(22(3)4)32-27(19-30-18-24-10-8-7-9-11-24)16-23(5)17-28(33-34)20-31-26-14-12-25(29-6)13-15-26/h7-16,21-22,27-28H,17-20H2,1-6H3/b23-16-/t27-,28+/m1/s1. The number of hydrogen-bond donors (Lipinski definition) is 0. The summed E-state index contributed by atoms with van der Waals surface area (Å²) in [5.41, 5.74) is 2.97. The highest BCUT2D eigenvalue weighted by Crippen LogP contribution is 2.39. The molecule has 0 radical (unpaired) electrons. The Balaban J connectivity index is 1.72. The fraction of sp³-hybridized carbons (Fsp3) is 0.500. The summed E-state index contributed by atoms with van der Waals surface area (Å²) in [6.07, 6.45) is 2.84. The van der Waals surface area contributed by atoms with Gasteiger partial charge in [0.1, 0.15) is 18.1 Å². The Kier molecular flexibility index (Phi) is 9.77. The summed E-state index contributed by atoms with van der Waals surface area (Å²) in [4.78, 5) is 0. The molecule has 1 heterocycles. The average Bonchev–Trinajstić information content (AvgIpc) is 2.81. The molecular weight excluding hydrogens is 444 g/mol. The van der Waals surface area contributed by atoms with Crippen molar-refractivity contribution in [2.75, 3.05) is 20.3 Å². The predicted octanol–water partition coefficient (Wildman–Crippen LogP) is 6.67. The van der Waals surface area contributed by atoms with Crippen LogP contribution in [-0.2, 0) is 20.2 Å². The molecule has 0 spiro atoms. The maximum absolute atomic E-state index is 6.90. The number of rotatable bonds is 10. The van der Waals surface area contributed by atoms with E-state index in [-0.39, 0.29) is 12.2 Å². The van der Waals surface area contributed by atoms with Crippen LogP contribution in [0.4, 0.5) is 0 Å². The third kappa shape index (κ3) is 7.19. The lowest BCUT2D eigenvalue weighted by Crippen LogP contribution is -2.54. The molecule has 0 N–H and O–H groups in total. The van der Waals surface area contributed by atoms with Crippen molar-refractivity contribution in [1.29, 1.82) is 0 Å². The lowest BCUT2D eigenvalue weighted by Gasteiger charge is -2.43. The zero-order valence-corrected chi connectivity index (χ0v) is 22.5. The number of benzene rings is 2. The summed E-state index contributed by atoms with van der Waals surface area (Å²) >= 11 is 0. The molecule has 2 aromatic rings. The fourth-order valence-corrected chi connectivity index (χ4v) is 8.22. The highest BCUT2D eigenvalue weighted by atomic mass is 28.4. The van der Waals surface area contributed by atoms with Crippen molar-refractivity contribution in [3.63, 3.8) is 0 Å². The molecule has 2 atom stereocenters. The fourth-order valence-electron chi connectivity index (χ4n) is 4.46. The van der Waals surface area contributed by atoms with Crippen LogP contribution in [0.2, 0.25) is 11.1 Å². The Labute approximate surface area is 206 Å². The predicted molar refractivity (Wildman–Crippen MR) is 139 cm³/mol. The summed E-state index contributed by atoms with van der Waals surface area (Å²) in [7, 11) is -0.920. The molecule has 1 aliphatic heterocycles. The Morgan fingerprint density at radius 2 is 1.53 bits per heavy atom. The van der Waals surface area contributed by atoms with Gasteiger partial charge in [-0.15, -0.1) is 0 Å². The van der Waals surface area contributed by atoms with Crippen molar-refractivity contribution in [3.8, 4) is 11.5 Å². The van der Waals surface area contributed by atoms with Crippen LogP contribution in [0.3, 0.4) is 0 Å². The van der Waals surface area contributed by atoms with Crippen molar-refractivity contribution in [2.24, 2.45) is 0 Å². The smallest absolute Gasteiger partial charge is 0.344 e. The van der Waals surface area contributed by atoms with Crippen LogP contribution in [-0.4, -0.2) is 41.1 Å². The molecule has 0 aromatic heterocycles. The van der Waals surface area contributed by atoms with Gasteiger partial charge in [-0.05, 0) is 54.3 Å². The molecule has 0 saturated heterocycles. The van der Waals surface area contributed by atoms with Crippen molar-refractivity contribution >= 4 is 8.56 Å². The normalized spacial score (nSPS) is 22.1. The van der Waals surface area contributed by atoms with Gasteiger partial charge in [0.05, 0.1) is 32.5 Å². The van der Waals surface area contributed by atoms with Gasteiger partial charge in [0, 0.05) is 0 Å². The van der Waals surface area contributed by atoms with Crippen molar-refractivity contribution in [2.45, 2.75) is 70.9 Å². The van der Waals surface area contributed by atoms with Crippen molar-refractivity contribution < 1.29 is 23.1 Å². The maximum Gasteiger partial charge on any atom is 0.344 e. The van der Waals surface area contributed by atoms with Gasteiger partial charge in [0.2, 0.25) is 0 Å². The van der Waals surface area contributed by atoms with E-state index in [1.807, 2.05) is 42.5 Å². The van der Waals surface area contributed by atoms with E-state index in [0.29, 0.717) is 30.9 Å². The number of hydrogen-bond acceptors (Lipinski definition) is 5. The van der Waals surface area contributed by atoms with E-state index < -0.39 is 8.56 Å². The topological polar surface area (TPSA) is 46.2 Å². The van der Waals surface area contributed by atoms with Crippen LogP contribution < -0.4 is 9.47 Å². The summed E-state index contributed by atoms with van der Waals surface area (Å²) in [6.45, 7) is 12.6. The monoisotopic (exact) mass is 484 g/mol. The van der Waals surface area contributed by atoms with Crippen LogP contribution in [0.25, 0.3) is 0 Å². The molecule has 186 valence electrons. The molecule has 5 nitrogen and oxygen atoms in total. The van der Waals surface area contributed by atoms with E-state index in [4.69, 9.17) is 23.1 Å². The lowest BCUT2D eigenvalue weighted by molar-refractivity contribution is 0.00994. The van der Waals surface area contributed by atoms with E-state index in [1.54, 1.807) is 7.11 Å². The van der Waals surface area contributed by atoms with E-state index in [2.05, 4.69) is 52.8 Å². The zero-order chi connectivity index (χ0) is 24.6. The van der Waals surface area contributed by atoms with Crippen LogP contribution in [0, 0.1) is 0 Å². The molecule has 34 heavy (non-hydrogen) atoms. The number of ether oxygens (including phenoxy) is 3. The highest BCUT2D eigenvalue weighted by Gasteiger charge is 2.49. The minimum atomic E-state index is -2.58. The van der Waals surface area contributed by atoms with Gasteiger partial charge in [-0.25, -0.2) is 0 Å². The van der Waals surface area contributed by atoms with E-state index in [1.165, 1.54) is 5.57 Å². The highest BCUT2D eigenvalue weighted by molar-refractivity contribution is 6.70. The summed E-state index contributed by atoms with van der Waals surface area (Å²) in [5.74, 6) is 1.62. The molecule has 0 aliphatic carbocycles. The van der Waals surface area contributed by atoms with Crippen LogP contribution in [0.5, 0.6) is 11.5 Å². The molecule has 6 heteroatoms. The summed E-state index contributed by atoms with van der Waals surface area (Å²) in [6, 6.07) is 17.9. The molecule has 1 aliphatic rings. The first-order valence-electron chi connectivity index (χ1n) is 12.2. The van der Waals surface area contributed by atoms with E-state index in [0.717, 1.165) is 23.5 Å². The largest absolute Gasteiger partial charge is 0.497 e. The quantitative estimate of drug-likeness (QED) is 0.278. The lowest BCUT2D eigenvalue weighted by atomic mass is 10.1. The Hall–Kier alpha value is -2.12. The molecule has 0 amide bonds. The Morgan fingerprint density at radius 3 is 2.15 bits per heavy atom. The van der Waals surface area contributed by atoms with Gasteiger partial charge in [-0.3, -0.25) is 0 Å². The first-order valence-corrected chi connectivity index (χ1v) is 14.2. The second kappa shape index (κ2) is 12.5. The van der Waals surface area contributed by atoms with E-state index >= 15 is 0 Å². The number of methoxy groups -OCH3 is 1. The second-order valence-corrected chi connectivity index (χ2v) is 13.9. The molecule has 0 bridgehead atoms. The minimum absolute atomic E-state index is 0.0685. The van der Waals surface area contributed by atoms with Crippen LogP contribution in [0.1, 0.15) is 46.6 Å². The zero-order valence-electron chi connectivity index (χ0n) is 21.5. The van der Waals surface area contributed by atoms with Crippen LogP contribution >= 0.6 is 0 Å². The minimum Gasteiger partial charge on any atom is -0.497 e. The van der Waals surface area contributed by atoms with Gasteiger partial charge < -0.3 is 23.1 Å². The Bertz CT molecular complexity index is 887. The van der Waals surface area contributed by atoms with Gasteiger partial charge in [0.15, 0.2) is 0 Å². The third-order valence-corrected chi connectivity index (χ3v) is 10.8. The summed E-state index contributed by atoms with van der Waals surface area (Å²) in [5, 5.41) is 0. The SMILES string of the molecule is COc1ccc(OC[C@@H]2C/C(C)=C\[C@H](COCc3ccccc3)O[Si](C(C)C)(C(C)C)O2)cc1. The molecule has 0 unspecified atom stereocenters. The first kappa shape index (κ1) is 26.5. The molecule has 0 saturated carbocycles. The maximum atomic E-state index is 6.90. The molecule has 2 aromatic carbocycles. The van der Waals surface area contributed by atoms with E-state index in [9.17, 15) is 0 Å². The molecular formula is C28H40O5Si. The third-order valence-electron chi connectivity index (χ3n) is 6.20. The Morgan fingerprint density at radius 1 is 0.882 bits per heavy atom. The van der Waals surface area contributed by atoms with Crippen molar-refractivity contribution in [1.82, 2.24) is 0 Å². The van der Waals surface area contributed by atoms with Gasteiger partial charge in [-0.1, -0.05) is 69.7 Å². The molecule has 0 fully saturated rings. The van der Waals surface area contributed by atoms with Gasteiger partial charge in [0.25, 0.3) is 0 Å². The molecule has 3 rings (SSSR count). The second-order valence-electron chi connectivity index (χ2n) is 9.63.